The number of methoxy groups -OCH3 is 1. The molecule has 1 rings (SSSR count). The number of hydrogen-bond donors (Lipinski definition) is 1. The fraction of sp³-hybridized carbons (Fsp3) is 0.385. The first-order chi connectivity index (χ1) is 8.71. The van der Waals surface area contributed by atoms with E-state index in [-0.39, 0.29) is 11.7 Å². The van der Waals surface area contributed by atoms with Crippen LogP contribution in [-0.4, -0.2) is 25.4 Å². The van der Waals surface area contributed by atoms with Gasteiger partial charge in [-0.2, -0.15) is 5.26 Å². The maximum absolute atomic E-state index is 11.1. The Balaban J connectivity index is 2.74. The summed E-state index contributed by atoms with van der Waals surface area (Å²) in [6.45, 7) is 3.67. The first kappa shape index (κ1) is 14.6. The van der Waals surface area contributed by atoms with Crippen molar-refractivity contribution < 1.29 is 9.53 Å². The van der Waals surface area contributed by atoms with Crippen LogP contribution in [0, 0.1) is 11.3 Å². The predicted molar refractivity (Wildman–Crippen MR) is 71.3 cm³/mol. The molecule has 0 saturated heterocycles. The molecule has 0 heterocycles. The van der Waals surface area contributed by atoms with Crippen LogP contribution in [0.15, 0.2) is 23.1 Å². The molecule has 1 N–H and O–H groups in total. The summed E-state index contributed by atoms with van der Waals surface area (Å²) >= 11 is 1.32. The monoisotopic (exact) mass is 264 g/mol. The first-order valence-corrected chi connectivity index (χ1v) is 6.63. The zero-order valence-corrected chi connectivity index (χ0v) is 11.3. The van der Waals surface area contributed by atoms with Crippen molar-refractivity contribution in [2.75, 3.05) is 19.4 Å². The fourth-order valence-corrected chi connectivity index (χ4v) is 2.18. The summed E-state index contributed by atoms with van der Waals surface area (Å²) in [7, 11) is 1.35. The van der Waals surface area contributed by atoms with Crippen LogP contribution in [0.4, 0.5) is 0 Å². The Kier molecular flexibility index (Phi) is 6.26. The molecule has 0 aromatic heterocycles. The van der Waals surface area contributed by atoms with Gasteiger partial charge in [-0.05, 0) is 24.2 Å². The number of nitrogens with zero attached hydrogens (tertiary/aromatic N) is 1. The van der Waals surface area contributed by atoms with Gasteiger partial charge in [0.2, 0.25) is 0 Å². The van der Waals surface area contributed by atoms with Crippen LogP contribution in [0.5, 0.6) is 0 Å². The normalized spacial score (nSPS) is 9.83. The second-order valence-corrected chi connectivity index (χ2v) is 4.60. The van der Waals surface area contributed by atoms with Gasteiger partial charge in [0.25, 0.3) is 0 Å². The lowest BCUT2D eigenvalue weighted by Crippen LogP contribution is -2.11. The topological polar surface area (TPSA) is 62.1 Å². The molecule has 0 aliphatic carbocycles. The van der Waals surface area contributed by atoms with Gasteiger partial charge in [-0.3, -0.25) is 4.79 Å². The summed E-state index contributed by atoms with van der Waals surface area (Å²) in [5.74, 6) is -0.0711. The standard InChI is InChI=1S/C13H16N2O2S/c1-3-15-8-10-4-5-12(11(6-10)7-14)18-9-13(16)17-2/h4-6,15H,3,8-9H2,1-2H3. The van der Waals surface area contributed by atoms with Gasteiger partial charge in [-0.15, -0.1) is 11.8 Å². The summed E-state index contributed by atoms with van der Waals surface area (Å²) in [4.78, 5) is 11.9. The molecule has 18 heavy (non-hydrogen) atoms. The van der Waals surface area contributed by atoms with Crippen molar-refractivity contribution in [2.45, 2.75) is 18.4 Å². The molecule has 0 aliphatic heterocycles. The van der Waals surface area contributed by atoms with Crippen LogP contribution >= 0.6 is 11.8 Å². The molecule has 0 unspecified atom stereocenters. The molecule has 0 fully saturated rings. The molecule has 4 nitrogen and oxygen atoms in total. The minimum Gasteiger partial charge on any atom is -0.468 e. The van der Waals surface area contributed by atoms with E-state index < -0.39 is 0 Å². The highest BCUT2D eigenvalue weighted by molar-refractivity contribution is 8.00. The van der Waals surface area contributed by atoms with E-state index >= 15 is 0 Å². The van der Waals surface area contributed by atoms with Crippen molar-refractivity contribution in [3.8, 4) is 6.07 Å². The Labute approximate surface area is 111 Å². The van der Waals surface area contributed by atoms with Crippen molar-refractivity contribution >= 4 is 17.7 Å². The van der Waals surface area contributed by atoms with E-state index in [9.17, 15) is 4.79 Å². The average Bonchev–Trinajstić information content (AvgIpc) is 2.42. The lowest BCUT2D eigenvalue weighted by molar-refractivity contribution is -0.137. The number of ether oxygens (including phenoxy) is 1. The third-order valence-corrected chi connectivity index (χ3v) is 3.36. The largest absolute Gasteiger partial charge is 0.468 e. The number of nitriles is 1. The summed E-state index contributed by atoms with van der Waals surface area (Å²) in [5.41, 5.74) is 1.66. The number of carbonyl (C=O) groups is 1. The minimum absolute atomic E-state index is 0.220. The van der Waals surface area contributed by atoms with Crippen LogP contribution in [0.2, 0.25) is 0 Å². The second kappa shape index (κ2) is 7.75. The lowest BCUT2D eigenvalue weighted by atomic mass is 10.1. The number of carbonyl (C=O) groups excluding carboxylic acids is 1. The highest BCUT2D eigenvalue weighted by atomic mass is 32.2. The van der Waals surface area contributed by atoms with Crippen molar-refractivity contribution in [1.29, 1.82) is 5.26 Å². The maximum Gasteiger partial charge on any atom is 0.315 e. The molecular formula is C13H16N2O2S. The zero-order valence-electron chi connectivity index (χ0n) is 10.5. The van der Waals surface area contributed by atoms with Crippen molar-refractivity contribution in [3.63, 3.8) is 0 Å². The minimum atomic E-state index is -0.291. The SMILES string of the molecule is CCNCc1ccc(SCC(=O)OC)c(C#N)c1. The van der Waals surface area contributed by atoms with Gasteiger partial charge >= 0.3 is 5.97 Å². The van der Waals surface area contributed by atoms with E-state index in [0.29, 0.717) is 5.56 Å². The van der Waals surface area contributed by atoms with Gasteiger partial charge in [0, 0.05) is 11.4 Å². The Morgan fingerprint density at radius 2 is 2.33 bits per heavy atom. The quantitative estimate of drug-likeness (QED) is 0.628. The Morgan fingerprint density at radius 1 is 1.56 bits per heavy atom. The van der Waals surface area contributed by atoms with E-state index in [4.69, 9.17) is 5.26 Å². The molecule has 0 saturated carbocycles. The molecule has 1 aromatic carbocycles. The van der Waals surface area contributed by atoms with Gasteiger partial charge in [0.05, 0.1) is 18.4 Å². The molecule has 0 spiro atoms. The van der Waals surface area contributed by atoms with Crippen molar-refractivity contribution in [1.82, 2.24) is 5.32 Å². The number of hydrogen-bond acceptors (Lipinski definition) is 5. The smallest absolute Gasteiger partial charge is 0.315 e. The van der Waals surface area contributed by atoms with Gasteiger partial charge in [0.1, 0.15) is 6.07 Å². The Bertz CT molecular complexity index is 455. The highest BCUT2D eigenvalue weighted by Gasteiger charge is 2.07. The van der Waals surface area contributed by atoms with E-state index in [1.165, 1.54) is 18.9 Å². The lowest BCUT2D eigenvalue weighted by Gasteiger charge is -2.06. The highest BCUT2D eigenvalue weighted by Crippen LogP contribution is 2.23. The molecule has 96 valence electrons. The third-order valence-electron chi connectivity index (χ3n) is 2.32. The van der Waals surface area contributed by atoms with Crippen LogP contribution in [0.3, 0.4) is 0 Å². The number of rotatable bonds is 6. The van der Waals surface area contributed by atoms with E-state index in [1.807, 2.05) is 25.1 Å². The maximum atomic E-state index is 11.1. The number of esters is 1. The van der Waals surface area contributed by atoms with E-state index in [1.54, 1.807) is 0 Å². The van der Waals surface area contributed by atoms with Gasteiger partial charge in [0.15, 0.2) is 0 Å². The number of benzene rings is 1. The van der Waals surface area contributed by atoms with Gasteiger partial charge in [-0.25, -0.2) is 0 Å². The van der Waals surface area contributed by atoms with Gasteiger partial charge in [-0.1, -0.05) is 13.0 Å². The molecule has 0 aliphatic rings. The predicted octanol–water partition coefficient (Wildman–Crippen LogP) is 1.93. The molecule has 5 heteroatoms. The second-order valence-electron chi connectivity index (χ2n) is 3.59. The third kappa shape index (κ3) is 4.40. The molecular weight excluding hydrogens is 248 g/mol. The van der Waals surface area contributed by atoms with Gasteiger partial charge < -0.3 is 10.1 Å². The number of thioether (sulfide) groups is 1. The first-order valence-electron chi connectivity index (χ1n) is 5.64. The van der Waals surface area contributed by atoms with Crippen molar-refractivity contribution in [3.05, 3.63) is 29.3 Å². The van der Waals surface area contributed by atoms with Crippen molar-refractivity contribution in [2.24, 2.45) is 0 Å². The number of nitrogens with one attached hydrogen (secondary N) is 1. The van der Waals surface area contributed by atoms with Crippen LogP contribution in [0.1, 0.15) is 18.1 Å². The van der Waals surface area contributed by atoms with E-state index in [2.05, 4.69) is 16.1 Å². The van der Waals surface area contributed by atoms with E-state index in [0.717, 1.165) is 23.5 Å². The zero-order chi connectivity index (χ0) is 13.4. The molecule has 0 amide bonds. The van der Waals surface area contributed by atoms with Crippen LogP contribution in [-0.2, 0) is 16.1 Å². The Morgan fingerprint density at radius 3 is 2.94 bits per heavy atom. The Hall–Kier alpha value is -1.51. The summed E-state index contributed by atoms with van der Waals surface area (Å²) in [6, 6.07) is 7.84. The fourth-order valence-electron chi connectivity index (χ4n) is 1.37. The molecule has 1 aromatic rings. The summed E-state index contributed by atoms with van der Waals surface area (Å²) in [6.07, 6.45) is 0. The summed E-state index contributed by atoms with van der Waals surface area (Å²) in [5, 5.41) is 12.3. The summed E-state index contributed by atoms with van der Waals surface area (Å²) < 4.78 is 4.57. The van der Waals surface area contributed by atoms with Crippen LogP contribution < -0.4 is 5.32 Å². The molecule has 0 radical (unpaired) electrons. The average molecular weight is 264 g/mol. The molecule has 0 bridgehead atoms. The molecule has 0 atom stereocenters. The van der Waals surface area contributed by atoms with Crippen LogP contribution in [0.25, 0.3) is 0 Å².